The van der Waals surface area contributed by atoms with Crippen molar-refractivity contribution in [2.75, 3.05) is 26.3 Å². The molecule has 0 unspecified atom stereocenters. The van der Waals surface area contributed by atoms with Gasteiger partial charge < -0.3 is 29.7 Å². The minimum Gasteiger partial charge on any atom is -0.493 e. The second-order valence-corrected chi connectivity index (χ2v) is 10.3. The third-order valence-corrected chi connectivity index (χ3v) is 6.95. The summed E-state index contributed by atoms with van der Waals surface area (Å²) in [5.74, 6) is 0.0840. The zero-order valence-electron chi connectivity index (χ0n) is 21.7. The van der Waals surface area contributed by atoms with Gasteiger partial charge in [0.15, 0.2) is 6.61 Å². The van der Waals surface area contributed by atoms with Gasteiger partial charge in [-0.15, -0.1) is 0 Å². The van der Waals surface area contributed by atoms with E-state index in [1.807, 2.05) is 0 Å². The highest BCUT2D eigenvalue weighted by molar-refractivity contribution is 5.95. The molecule has 0 radical (unpaired) electrons. The van der Waals surface area contributed by atoms with Crippen LogP contribution in [0.4, 0.5) is 13.2 Å². The molecule has 3 amide bonds. The lowest BCUT2D eigenvalue weighted by Crippen LogP contribution is -2.45. The van der Waals surface area contributed by atoms with Gasteiger partial charge >= 0.3 is 6.18 Å². The Morgan fingerprint density at radius 3 is 2.55 bits per heavy atom. The fraction of sp³-hybridized carbons (Fsp3) is 0.464. The molecule has 0 spiro atoms. The van der Waals surface area contributed by atoms with Crippen molar-refractivity contribution in [3.63, 3.8) is 0 Å². The quantitative estimate of drug-likeness (QED) is 0.581. The molecule has 6 rings (SSSR count). The maximum absolute atomic E-state index is 13.4. The maximum Gasteiger partial charge on any atom is 0.389 e. The Labute approximate surface area is 228 Å². The number of carbonyl (C=O) groups is 3. The van der Waals surface area contributed by atoms with E-state index in [4.69, 9.17) is 14.2 Å². The normalized spacial score (nSPS) is 21.4. The third kappa shape index (κ3) is 7.57. The molecule has 214 valence electrons. The van der Waals surface area contributed by atoms with Gasteiger partial charge in [0.05, 0.1) is 25.6 Å². The van der Waals surface area contributed by atoms with Crippen LogP contribution < -0.4 is 24.8 Å². The molecule has 12 heteroatoms. The molecule has 2 fully saturated rings. The number of nitrogens with one attached hydrogen (secondary N) is 2. The molecule has 1 saturated carbocycles. The van der Waals surface area contributed by atoms with Crippen molar-refractivity contribution in [3.8, 4) is 17.2 Å². The molecular formula is C28H30F3N3O6. The Kier molecular flexibility index (Phi) is 8.04. The van der Waals surface area contributed by atoms with Crippen molar-refractivity contribution < 1.29 is 41.8 Å². The van der Waals surface area contributed by atoms with E-state index in [0.717, 1.165) is 18.4 Å². The van der Waals surface area contributed by atoms with Crippen LogP contribution in [-0.2, 0) is 16.1 Å². The summed E-state index contributed by atoms with van der Waals surface area (Å²) < 4.78 is 55.8. The number of halogens is 3. The highest BCUT2D eigenvalue weighted by Crippen LogP contribution is 2.31. The molecule has 2 aromatic rings. The molecule has 4 bridgehead atoms. The standard InChI is InChI=1S/C28H30F3N3O6/c29-28(30,31)8-7-26(36)34-13-23-24(14-34)40-20-5-3-17(4-6-20)12-32-25(35)16-39-22-10-19(27(37)33-23)9-21(11-22)38-15-18-1-2-18/h3-6,9-11,18,23-24H,1-2,7-8,12-16H2,(H,32,35)(H,33,37)/t23-,24-/m0/s1. The van der Waals surface area contributed by atoms with Gasteiger partial charge in [0, 0.05) is 31.1 Å². The summed E-state index contributed by atoms with van der Waals surface area (Å²) in [6.07, 6.45) is -4.91. The highest BCUT2D eigenvalue weighted by atomic mass is 19.4. The molecule has 3 aliphatic heterocycles. The molecule has 1 aliphatic carbocycles. The Morgan fingerprint density at radius 1 is 1.05 bits per heavy atom. The van der Waals surface area contributed by atoms with Crippen LogP contribution in [0.2, 0.25) is 0 Å². The van der Waals surface area contributed by atoms with Gasteiger partial charge in [-0.3, -0.25) is 14.4 Å². The number of amides is 3. The smallest absolute Gasteiger partial charge is 0.389 e. The predicted octanol–water partition coefficient (Wildman–Crippen LogP) is 3.21. The molecule has 2 aromatic carbocycles. The van der Waals surface area contributed by atoms with E-state index in [-0.39, 0.29) is 43.5 Å². The first kappa shape index (κ1) is 27.6. The van der Waals surface area contributed by atoms with Crippen LogP contribution in [0.15, 0.2) is 42.5 Å². The number of nitrogens with zero attached hydrogens (tertiary/aromatic N) is 1. The molecule has 0 aromatic heterocycles. The van der Waals surface area contributed by atoms with Crippen LogP contribution in [0.25, 0.3) is 0 Å². The lowest BCUT2D eigenvalue weighted by molar-refractivity contribution is -0.148. The lowest BCUT2D eigenvalue weighted by atomic mass is 10.1. The molecule has 9 nitrogen and oxygen atoms in total. The summed E-state index contributed by atoms with van der Waals surface area (Å²) in [6, 6.07) is 10.9. The summed E-state index contributed by atoms with van der Waals surface area (Å²) in [5, 5.41) is 5.64. The lowest BCUT2D eigenvalue weighted by Gasteiger charge is -2.21. The van der Waals surface area contributed by atoms with Gasteiger partial charge in [0.25, 0.3) is 11.8 Å². The SMILES string of the molecule is O=C1COc2cc(OCC3CC3)cc(c2)C(=O)N[C@H]2CN(C(=O)CCC(F)(F)F)C[C@@H]2Oc2ccc(cc2)CN1. The van der Waals surface area contributed by atoms with Crippen LogP contribution in [0.5, 0.6) is 17.2 Å². The van der Waals surface area contributed by atoms with E-state index < -0.39 is 43.0 Å². The summed E-state index contributed by atoms with van der Waals surface area (Å²) in [5.41, 5.74) is 1.01. The maximum atomic E-state index is 13.4. The van der Waals surface area contributed by atoms with E-state index in [9.17, 15) is 27.6 Å². The Bertz CT molecular complexity index is 1250. The minimum absolute atomic E-state index is 0.00910. The van der Waals surface area contributed by atoms with Gasteiger partial charge in [0.1, 0.15) is 23.4 Å². The van der Waals surface area contributed by atoms with Gasteiger partial charge in [-0.05, 0) is 48.6 Å². The molecule has 2 N–H and O–H groups in total. The average molecular weight is 562 g/mol. The Balaban J connectivity index is 1.39. The van der Waals surface area contributed by atoms with Crippen LogP contribution in [0.3, 0.4) is 0 Å². The average Bonchev–Trinajstić information content (AvgIpc) is 3.68. The largest absolute Gasteiger partial charge is 0.493 e. The highest BCUT2D eigenvalue weighted by Gasteiger charge is 2.39. The zero-order valence-corrected chi connectivity index (χ0v) is 21.7. The van der Waals surface area contributed by atoms with E-state index in [1.165, 1.54) is 11.0 Å². The number of hydrogen-bond donors (Lipinski definition) is 2. The van der Waals surface area contributed by atoms with Gasteiger partial charge in [0.2, 0.25) is 5.91 Å². The molecule has 40 heavy (non-hydrogen) atoms. The fourth-order valence-electron chi connectivity index (χ4n) is 4.52. The second-order valence-electron chi connectivity index (χ2n) is 10.3. The number of alkyl halides is 3. The van der Waals surface area contributed by atoms with Gasteiger partial charge in [-0.2, -0.15) is 13.2 Å². The third-order valence-electron chi connectivity index (χ3n) is 6.95. The van der Waals surface area contributed by atoms with E-state index in [2.05, 4.69) is 10.6 Å². The van der Waals surface area contributed by atoms with Crippen LogP contribution in [0.1, 0.15) is 41.6 Å². The van der Waals surface area contributed by atoms with E-state index in [0.29, 0.717) is 24.0 Å². The number of rotatable bonds is 5. The first-order valence-corrected chi connectivity index (χ1v) is 13.2. The number of likely N-dealkylation sites (tertiary alicyclic amines) is 1. The van der Waals surface area contributed by atoms with Crippen LogP contribution in [0, 0.1) is 5.92 Å². The number of ether oxygens (including phenoxy) is 3. The second kappa shape index (κ2) is 11.6. The Hall–Kier alpha value is -3.96. The van der Waals surface area contributed by atoms with E-state index in [1.54, 1.807) is 36.4 Å². The summed E-state index contributed by atoms with van der Waals surface area (Å²) in [4.78, 5) is 39.6. The van der Waals surface area contributed by atoms with Gasteiger partial charge in [-0.1, -0.05) is 12.1 Å². The zero-order chi connectivity index (χ0) is 28.3. The van der Waals surface area contributed by atoms with Crippen LogP contribution >= 0.6 is 0 Å². The van der Waals surface area contributed by atoms with Gasteiger partial charge in [-0.25, -0.2) is 0 Å². The number of carbonyl (C=O) groups excluding carboxylic acids is 3. The monoisotopic (exact) mass is 561 g/mol. The fourth-order valence-corrected chi connectivity index (χ4v) is 4.52. The molecule has 3 heterocycles. The first-order chi connectivity index (χ1) is 19.1. The van der Waals surface area contributed by atoms with Crippen molar-refractivity contribution in [2.24, 2.45) is 5.92 Å². The van der Waals surface area contributed by atoms with Crippen molar-refractivity contribution >= 4 is 17.7 Å². The summed E-state index contributed by atoms with van der Waals surface area (Å²) in [7, 11) is 0. The number of hydrogen-bond acceptors (Lipinski definition) is 6. The molecule has 2 atom stereocenters. The van der Waals surface area contributed by atoms with E-state index >= 15 is 0 Å². The number of benzene rings is 2. The molecule has 1 saturated heterocycles. The summed E-state index contributed by atoms with van der Waals surface area (Å²) >= 11 is 0. The minimum atomic E-state index is -4.45. The summed E-state index contributed by atoms with van der Waals surface area (Å²) in [6.45, 7) is 0.485. The molecule has 4 aliphatic rings. The van der Waals surface area contributed by atoms with Crippen molar-refractivity contribution in [3.05, 3.63) is 53.6 Å². The topological polar surface area (TPSA) is 106 Å². The predicted molar refractivity (Wildman–Crippen MR) is 136 cm³/mol. The number of fused-ring (bicyclic) bond motifs is 7. The first-order valence-electron chi connectivity index (χ1n) is 13.2. The van der Waals surface area contributed by atoms with Crippen molar-refractivity contribution in [1.82, 2.24) is 15.5 Å². The Morgan fingerprint density at radius 2 is 1.82 bits per heavy atom. The van der Waals surface area contributed by atoms with Crippen molar-refractivity contribution in [2.45, 2.75) is 50.6 Å². The molecular weight excluding hydrogens is 531 g/mol. The van der Waals surface area contributed by atoms with Crippen molar-refractivity contribution in [1.29, 1.82) is 0 Å². The van der Waals surface area contributed by atoms with Crippen LogP contribution in [-0.4, -0.2) is 67.2 Å².